The summed E-state index contributed by atoms with van der Waals surface area (Å²) in [6.07, 6.45) is -1.09. The lowest BCUT2D eigenvalue weighted by molar-refractivity contribution is -0.150. The molecule has 17 heavy (non-hydrogen) atoms. The number of fused-ring (bicyclic) bond motifs is 1. The molecule has 1 unspecified atom stereocenters. The molecule has 2 rings (SSSR count). The zero-order valence-corrected chi connectivity index (χ0v) is 9.61. The van der Waals surface area contributed by atoms with Crippen molar-refractivity contribution in [3.8, 4) is 0 Å². The molecule has 0 fully saturated rings. The third-order valence-electron chi connectivity index (χ3n) is 2.73. The number of aryl methyl sites for hydroxylation is 1. The van der Waals surface area contributed by atoms with Crippen molar-refractivity contribution in [2.75, 3.05) is 12.4 Å². The van der Waals surface area contributed by atoms with Gasteiger partial charge in [0.2, 0.25) is 5.91 Å². The average molecular weight is 235 g/mol. The number of hydrogen-bond donors (Lipinski definition) is 2. The van der Waals surface area contributed by atoms with E-state index in [1.165, 1.54) is 7.11 Å². The molecule has 0 bridgehead atoms. The van der Waals surface area contributed by atoms with E-state index in [1.807, 2.05) is 13.0 Å². The van der Waals surface area contributed by atoms with E-state index >= 15 is 0 Å². The number of benzene rings is 1. The third-order valence-corrected chi connectivity index (χ3v) is 2.73. The monoisotopic (exact) mass is 235 g/mol. The van der Waals surface area contributed by atoms with E-state index < -0.39 is 12.1 Å². The maximum atomic E-state index is 11.3. The quantitative estimate of drug-likeness (QED) is 0.740. The maximum absolute atomic E-state index is 11.3. The van der Waals surface area contributed by atoms with Gasteiger partial charge in [0.05, 0.1) is 19.2 Å². The van der Waals surface area contributed by atoms with Gasteiger partial charge in [-0.25, -0.2) is 4.79 Å². The fourth-order valence-corrected chi connectivity index (χ4v) is 1.99. The van der Waals surface area contributed by atoms with Crippen molar-refractivity contribution < 1.29 is 19.4 Å². The molecule has 0 saturated heterocycles. The molecule has 1 heterocycles. The van der Waals surface area contributed by atoms with Gasteiger partial charge < -0.3 is 15.2 Å². The summed E-state index contributed by atoms with van der Waals surface area (Å²) in [4.78, 5) is 22.6. The van der Waals surface area contributed by atoms with Crippen LogP contribution in [0.1, 0.15) is 22.8 Å². The number of nitrogens with one attached hydrogen (secondary N) is 1. The summed E-state index contributed by atoms with van der Waals surface area (Å²) in [5.74, 6) is -0.872. The van der Waals surface area contributed by atoms with Crippen LogP contribution >= 0.6 is 0 Å². The number of carbonyl (C=O) groups excluding carboxylic acids is 2. The van der Waals surface area contributed by atoms with Gasteiger partial charge >= 0.3 is 5.97 Å². The van der Waals surface area contributed by atoms with Gasteiger partial charge in [-0.15, -0.1) is 0 Å². The fourth-order valence-electron chi connectivity index (χ4n) is 1.99. The largest absolute Gasteiger partial charge is 0.467 e. The van der Waals surface area contributed by atoms with Crippen LogP contribution in [0.5, 0.6) is 0 Å². The zero-order chi connectivity index (χ0) is 12.6. The summed E-state index contributed by atoms with van der Waals surface area (Å²) in [5.41, 5.74) is 2.60. The zero-order valence-electron chi connectivity index (χ0n) is 9.61. The van der Waals surface area contributed by atoms with Crippen molar-refractivity contribution in [2.45, 2.75) is 19.4 Å². The molecule has 1 aliphatic rings. The van der Waals surface area contributed by atoms with Crippen molar-refractivity contribution in [1.29, 1.82) is 0 Å². The lowest BCUT2D eigenvalue weighted by Gasteiger charge is -2.14. The molecule has 1 aromatic carbocycles. The molecular formula is C12H13NO4. The number of aliphatic hydroxyl groups excluding tert-OH is 1. The molecular weight excluding hydrogens is 222 g/mol. The van der Waals surface area contributed by atoms with Gasteiger partial charge in [-0.05, 0) is 12.5 Å². The first kappa shape index (κ1) is 11.6. The Bertz CT molecular complexity index is 496. The number of anilines is 1. The number of hydrogen-bond acceptors (Lipinski definition) is 4. The smallest absolute Gasteiger partial charge is 0.339 e. The molecule has 1 aliphatic heterocycles. The van der Waals surface area contributed by atoms with E-state index in [0.717, 1.165) is 11.1 Å². The summed E-state index contributed by atoms with van der Waals surface area (Å²) in [7, 11) is 1.21. The Morgan fingerprint density at radius 1 is 1.53 bits per heavy atom. The summed E-state index contributed by atoms with van der Waals surface area (Å²) in [5, 5.41) is 12.5. The van der Waals surface area contributed by atoms with Gasteiger partial charge in [0.15, 0.2) is 6.10 Å². The minimum Gasteiger partial charge on any atom is -0.467 e. The molecule has 2 N–H and O–H groups in total. The van der Waals surface area contributed by atoms with Gasteiger partial charge in [0.25, 0.3) is 0 Å². The molecule has 5 nitrogen and oxygen atoms in total. The third kappa shape index (κ3) is 2.01. The minimum absolute atomic E-state index is 0.135. The van der Waals surface area contributed by atoms with Crippen molar-refractivity contribution in [3.05, 3.63) is 28.8 Å². The van der Waals surface area contributed by atoms with E-state index in [9.17, 15) is 14.7 Å². The van der Waals surface area contributed by atoms with E-state index in [-0.39, 0.29) is 12.3 Å². The van der Waals surface area contributed by atoms with E-state index in [1.54, 1.807) is 6.07 Å². The summed E-state index contributed by atoms with van der Waals surface area (Å²) in [6, 6.07) is 3.53. The first-order valence-corrected chi connectivity index (χ1v) is 5.22. The lowest BCUT2D eigenvalue weighted by atomic mass is 10.00. The van der Waals surface area contributed by atoms with Crippen molar-refractivity contribution in [3.63, 3.8) is 0 Å². The van der Waals surface area contributed by atoms with Crippen LogP contribution in [0.2, 0.25) is 0 Å². The lowest BCUT2D eigenvalue weighted by Crippen LogP contribution is -2.15. The SMILES string of the molecule is COC(=O)C(O)c1cc(C)cc2c1NC(=O)C2. The second-order valence-corrected chi connectivity index (χ2v) is 4.04. The minimum atomic E-state index is -1.37. The number of esters is 1. The van der Waals surface area contributed by atoms with Crippen molar-refractivity contribution in [1.82, 2.24) is 0 Å². The summed E-state index contributed by atoms with van der Waals surface area (Å²) in [6.45, 7) is 1.84. The van der Waals surface area contributed by atoms with Crippen LogP contribution in [0.3, 0.4) is 0 Å². The number of amides is 1. The van der Waals surface area contributed by atoms with Crippen LogP contribution in [-0.2, 0) is 20.7 Å². The molecule has 1 atom stereocenters. The molecule has 1 amide bonds. The summed E-state index contributed by atoms with van der Waals surface area (Å²) < 4.78 is 4.49. The average Bonchev–Trinajstić information content (AvgIpc) is 2.66. The maximum Gasteiger partial charge on any atom is 0.339 e. The second-order valence-electron chi connectivity index (χ2n) is 4.04. The Hall–Kier alpha value is -1.88. The van der Waals surface area contributed by atoms with Gasteiger partial charge in [-0.2, -0.15) is 0 Å². The topological polar surface area (TPSA) is 75.6 Å². The Balaban J connectivity index is 2.48. The summed E-state index contributed by atoms with van der Waals surface area (Å²) >= 11 is 0. The fraction of sp³-hybridized carbons (Fsp3) is 0.333. The molecule has 5 heteroatoms. The molecule has 0 aliphatic carbocycles. The van der Waals surface area contributed by atoms with Crippen LogP contribution in [0.4, 0.5) is 5.69 Å². The standard InChI is InChI=1S/C12H13NO4/c1-6-3-7-5-9(14)13-10(7)8(4-6)11(15)12(16)17-2/h3-4,11,15H,5H2,1-2H3,(H,13,14). The van der Waals surface area contributed by atoms with Gasteiger partial charge in [-0.1, -0.05) is 17.7 Å². The normalized spacial score (nSPS) is 15.1. The molecule has 90 valence electrons. The first-order valence-electron chi connectivity index (χ1n) is 5.22. The highest BCUT2D eigenvalue weighted by Crippen LogP contribution is 2.33. The number of rotatable bonds is 2. The molecule has 0 saturated carbocycles. The Kier molecular flexibility index (Phi) is 2.85. The molecule has 0 radical (unpaired) electrons. The van der Waals surface area contributed by atoms with Crippen LogP contribution < -0.4 is 5.32 Å². The van der Waals surface area contributed by atoms with E-state index in [0.29, 0.717) is 11.3 Å². The van der Waals surface area contributed by atoms with Gasteiger partial charge in [0, 0.05) is 5.56 Å². The van der Waals surface area contributed by atoms with Crippen molar-refractivity contribution >= 4 is 17.6 Å². The van der Waals surface area contributed by atoms with E-state index in [4.69, 9.17) is 0 Å². The van der Waals surface area contributed by atoms with Gasteiger partial charge in [-0.3, -0.25) is 4.79 Å². The Labute approximate surface area is 98.4 Å². The van der Waals surface area contributed by atoms with Crippen LogP contribution in [-0.4, -0.2) is 24.1 Å². The number of carbonyl (C=O) groups is 2. The number of aliphatic hydroxyl groups is 1. The highest BCUT2D eigenvalue weighted by atomic mass is 16.5. The first-order chi connectivity index (χ1) is 8.02. The highest BCUT2D eigenvalue weighted by molar-refractivity contribution is 6.01. The van der Waals surface area contributed by atoms with Crippen LogP contribution in [0.25, 0.3) is 0 Å². The van der Waals surface area contributed by atoms with E-state index in [2.05, 4.69) is 10.1 Å². The highest BCUT2D eigenvalue weighted by Gasteiger charge is 2.28. The molecule has 0 spiro atoms. The number of methoxy groups -OCH3 is 1. The van der Waals surface area contributed by atoms with Crippen molar-refractivity contribution in [2.24, 2.45) is 0 Å². The number of ether oxygens (including phenoxy) is 1. The molecule has 0 aromatic heterocycles. The Morgan fingerprint density at radius 2 is 2.24 bits per heavy atom. The second kappa shape index (κ2) is 4.18. The molecule has 1 aromatic rings. The predicted molar refractivity (Wildman–Crippen MR) is 60.5 cm³/mol. The van der Waals surface area contributed by atoms with Crippen LogP contribution in [0, 0.1) is 6.92 Å². The predicted octanol–water partition coefficient (Wildman–Crippen LogP) is 0.696. The Morgan fingerprint density at radius 3 is 2.88 bits per heavy atom. The van der Waals surface area contributed by atoms with Crippen LogP contribution in [0.15, 0.2) is 12.1 Å². The van der Waals surface area contributed by atoms with Gasteiger partial charge in [0.1, 0.15) is 0 Å².